The first kappa shape index (κ1) is 22.2. The Morgan fingerprint density at radius 1 is 0.586 bits per heavy atom. The third kappa shape index (κ3) is 4.05. The SMILES string of the molecule is CC(/C=C(/C)[N-]c1c(F)c(F)c(F)c(F)c1F)=Nc1c(F)c(F)c(F)c(F)c1F. The third-order valence-electron chi connectivity index (χ3n) is 3.37. The topological polar surface area (TPSA) is 26.5 Å². The van der Waals surface area contributed by atoms with Crippen LogP contribution in [0.2, 0.25) is 0 Å². The molecule has 12 heteroatoms. The molecule has 29 heavy (non-hydrogen) atoms. The van der Waals surface area contributed by atoms with E-state index in [0.29, 0.717) is 0 Å². The van der Waals surface area contributed by atoms with Crippen LogP contribution in [0.25, 0.3) is 5.32 Å². The summed E-state index contributed by atoms with van der Waals surface area (Å²) in [5.74, 6) is -22.7. The molecule has 0 saturated carbocycles. The molecule has 2 nitrogen and oxygen atoms in total. The number of halogens is 10. The molecule has 0 heterocycles. The molecule has 2 aromatic carbocycles. The maximum Gasteiger partial charge on any atom is 0.200 e. The lowest BCUT2D eigenvalue weighted by Crippen LogP contribution is -2.02. The second kappa shape index (κ2) is 8.13. The van der Waals surface area contributed by atoms with Crippen LogP contribution >= 0.6 is 0 Å². The predicted octanol–water partition coefficient (Wildman–Crippen LogP) is 6.78. The Morgan fingerprint density at radius 2 is 0.931 bits per heavy atom. The highest BCUT2D eigenvalue weighted by molar-refractivity contribution is 5.95. The van der Waals surface area contributed by atoms with Crippen molar-refractivity contribution >= 4 is 17.1 Å². The maximum absolute atomic E-state index is 13.6. The van der Waals surface area contributed by atoms with Crippen molar-refractivity contribution in [2.75, 3.05) is 0 Å². The van der Waals surface area contributed by atoms with Crippen molar-refractivity contribution in [3.05, 3.63) is 75.3 Å². The molecule has 0 radical (unpaired) electrons. The zero-order valence-electron chi connectivity index (χ0n) is 14.3. The Kier molecular flexibility index (Phi) is 6.24. The first-order valence-electron chi connectivity index (χ1n) is 7.36. The van der Waals surface area contributed by atoms with E-state index in [4.69, 9.17) is 0 Å². The number of nitrogens with zero attached hydrogens (tertiary/aromatic N) is 2. The molecule has 0 spiro atoms. The Hall–Kier alpha value is -3.05. The normalized spacial score (nSPS) is 12.6. The maximum atomic E-state index is 13.6. The van der Waals surface area contributed by atoms with E-state index >= 15 is 0 Å². The van der Waals surface area contributed by atoms with Crippen LogP contribution in [0.4, 0.5) is 55.3 Å². The van der Waals surface area contributed by atoms with Gasteiger partial charge in [0.2, 0.25) is 5.82 Å². The van der Waals surface area contributed by atoms with Crippen molar-refractivity contribution in [2.24, 2.45) is 4.99 Å². The van der Waals surface area contributed by atoms with Crippen molar-refractivity contribution in [3.8, 4) is 0 Å². The number of allylic oxidation sites excluding steroid dienone is 2. The molecular formula is C17H7F10N2-. The minimum absolute atomic E-state index is 0.460. The van der Waals surface area contributed by atoms with Crippen LogP contribution in [-0.4, -0.2) is 5.71 Å². The Balaban J connectivity index is 2.45. The van der Waals surface area contributed by atoms with Crippen molar-refractivity contribution in [1.82, 2.24) is 0 Å². The fourth-order valence-electron chi connectivity index (χ4n) is 2.10. The lowest BCUT2D eigenvalue weighted by molar-refractivity contribution is 0.381. The van der Waals surface area contributed by atoms with Crippen LogP contribution in [-0.2, 0) is 0 Å². The summed E-state index contributed by atoms with van der Waals surface area (Å²) < 4.78 is 133. The molecule has 0 aliphatic rings. The summed E-state index contributed by atoms with van der Waals surface area (Å²) in [6.07, 6.45) is 0.746. The van der Waals surface area contributed by atoms with Gasteiger partial charge in [0.15, 0.2) is 40.7 Å². The highest BCUT2D eigenvalue weighted by atomic mass is 19.2. The minimum Gasteiger partial charge on any atom is -0.657 e. The average molecular weight is 429 g/mol. The molecule has 0 atom stereocenters. The van der Waals surface area contributed by atoms with Gasteiger partial charge in [0.05, 0.1) is 0 Å². The van der Waals surface area contributed by atoms with E-state index in [2.05, 4.69) is 10.3 Å². The first-order chi connectivity index (χ1) is 13.4. The van der Waals surface area contributed by atoms with Gasteiger partial charge < -0.3 is 5.32 Å². The molecule has 2 aromatic rings. The molecule has 156 valence electrons. The van der Waals surface area contributed by atoms with Gasteiger partial charge in [-0.05, 0) is 6.92 Å². The fraction of sp³-hybridized carbons (Fsp3) is 0.118. The Morgan fingerprint density at radius 3 is 1.34 bits per heavy atom. The van der Waals surface area contributed by atoms with Crippen LogP contribution in [0.15, 0.2) is 16.8 Å². The van der Waals surface area contributed by atoms with Crippen LogP contribution in [0.1, 0.15) is 13.8 Å². The summed E-state index contributed by atoms with van der Waals surface area (Å²) >= 11 is 0. The van der Waals surface area contributed by atoms with E-state index < -0.39 is 81.0 Å². The molecule has 0 aliphatic heterocycles. The van der Waals surface area contributed by atoms with E-state index in [0.717, 1.165) is 19.9 Å². The van der Waals surface area contributed by atoms with Gasteiger partial charge in [-0.2, -0.15) is 5.70 Å². The molecule has 2 rings (SSSR count). The summed E-state index contributed by atoms with van der Waals surface area (Å²) in [7, 11) is 0. The van der Waals surface area contributed by atoms with Crippen LogP contribution < -0.4 is 0 Å². The van der Waals surface area contributed by atoms with Crippen LogP contribution in [0.5, 0.6) is 0 Å². The van der Waals surface area contributed by atoms with E-state index in [-0.39, 0.29) is 0 Å². The highest BCUT2D eigenvalue weighted by Crippen LogP contribution is 2.35. The average Bonchev–Trinajstić information content (AvgIpc) is 2.68. The monoisotopic (exact) mass is 429 g/mol. The molecule has 0 bridgehead atoms. The smallest absolute Gasteiger partial charge is 0.200 e. The van der Waals surface area contributed by atoms with Crippen LogP contribution in [0.3, 0.4) is 0 Å². The van der Waals surface area contributed by atoms with Gasteiger partial charge in [0.25, 0.3) is 0 Å². The largest absolute Gasteiger partial charge is 0.657 e. The van der Waals surface area contributed by atoms with E-state index in [1.807, 2.05) is 0 Å². The van der Waals surface area contributed by atoms with Gasteiger partial charge in [-0.3, -0.25) is 0 Å². The number of aliphatic imine (C=N–C) groups is 1. The van der Waals surface area contributed by atoms with Gasteiger partial charge in [0, 0.05) is 5.71 Å². The number of benzene rings is 2. The molecule has 0 saturated heterocycles. The second-order valence-electron chi connectivity index (χ2n) is 5.49. The van der Waals surface area contributed by atoms with Gasteiger partial charge >= 0.3 is 0 Å². The summed E-state index contributed by atoms with van der Waals surface area (Å²) in [6, 6.07) is 0. The molecule has 0 unspecified atom stereocenters. The highest BCUT2D eigenvalue weighted by Gasteiger charge is 2.25. The Bertz CT molecular complexity index is 1000. The van der Waals surface area contributed by atoms with E-state index in [1.165, 1.54) is 0 Å². The summed E-state index contributed by atoms with van der Waals surface area (Å²) in [5.41, 5.74) is -4.00. The lowest BCUT2D eigenvalue weighted by Gasteiger charge is -2.24. The van der Waals surface area contributed by atoms with Crippen molar-refractivity contribution in [1.29, 1.82) is 0 Å². The molecule has 0 aliphatic carbocycles. The fourth-order valence-corrected chi connectivity index (χ4v) is 2.10. The van der Waals surface area contributed by atoms with Gasteiger partial charge in [-0.1, -0.05) is 18.7 Å². The number of hydrogen-bond acceptors (Lipinski definition) is 1. The molecule has 0 N–H and O–H groups in total. The summed E-state index contributed by atoms with van der Waals surface area (Å²) in [4.78, 5) is 3.18. The molecular weight excluding hydrogens is 422 g/mol. The molecule has 0 amide bonds. The standard InChI is InChI=1S/C17H7F10N2/c1-4(28-16-12(24)8(20)6(18)9(21)13(16)25)3-5(2)29-17-14(26)10(22)7(19)11(23)15(17)27/h3H,1-2H3/q-1/b4-3-,29-5?. The lowest BCUT2D eigenvalue weighted by atomic mass is 10.2. The molecule has 0 fully saturated rings. The van der Waals surface area contributed by atoms with Gasteiger partial charge in [0.1, 0.15) is 17.3 Å². The van der Waals surface area contributed by atoms with Gasteiger partial charge in [-0.15, -0.1) is 0 Å². The quantitative estimate of drug-likeness (QED) is 0.222. The summed E-state index contributed by atoms with van der Waals surface area (Å²) in [6.45, 7) is 1.99. The Labute approximate surface area is 156 Å². The van der Waals surface area contributed by atoms with Crippen molar-refractivity contribution in [3.63, 3.8) is 0 Å². The third-order valence-corrected chi connectivity index (χ3v) is 3.37. The minimum atomic E-state index is -2.40. The number of hydrogen-bond donors (Lipinski definition) is 0. The van der Waals surface area contributed by atoms with Crippen LogP contribution in [0, 0.1) is 58.2 Å². The van der Waals surface area contributed by atoms with Crippen molar-refractivity contribution < 1.29 is 43.9 Å². The molecule has 0 aromatic heterocycles. The summed E-state index contributed by atoms with van der Waals surface area (Å²) in [5, 5.41) is 3.18. The second-order valence-corrected chi connectivity index (χ2v) is 5.49. The van der Waals surface area contributed by atoms with E-state index in [9.17, 15) is 43.9 Å². The zero-order valence-corrected chi connectivity index (χ0v) is 14.3. The first-order valence-corrected chi connectivity index (χ1v) is 7.36. The van der Waals surface area contributed by atoms with Gasteiger partial charge in [-0.25, -0.2) is 48.9 Å². The van der Waals surface area contributed by atoms with E-state index in [1.54, 1.807) is 0 Å². The predicted molar refractivity (Wildman–Crippen MR) is 82.0 cm³/mol. The van der Waals surface area contributed by atoms with Crippen molar-refractivity contribution in [2.45, 2.75) is 13.8 Å². The number of rotatable bonds is 4. The zero-order chi connectivity index (χ0) is 22.2.